The molecule has 2 aromatic heterocycles. The predicted octanol–water partition coefficient (Wildman–Crippen LogP) is 1.73. The van der Waals surface area contributed by atoms with Gasteiger partial charge < -0.3 is 10.5 Å². The highest BCUT2D eigenvalue weighted by Gasteiger charge is 2.43. The SMILES string of the molecule is Cc1nn2c(c1C#N)-c1cnc(N)c(n1)OC(C)c1cc(F)ccc1C1N(C)CCN1S2(=O)=O. The highest BCUT2D eigenvalue weighted by molar-refractivity contribution is 7.87. The maximum Gasteiger partial charge on any atom is 0.325 e. The zero-order valence-electron chi connectivity index (χ0n) is 18.6. The first-order chi connectivity index (χ1) is 16.1. The van der Waals surface area contributed by atoms with E-state index < -0.39 is 28.3 Å². The fourth-order valence-corrected chi connectivity index (χ4v) is 6.11. The molecule has 13 heteroatoms. The van der Waals surface area contributed by atoms with Crippen LogP contribution < -0.4 is 10.5 Å². The van der Waals surface area contributed by atoms with Crippen molar-refractivity contribution in [3.05, 3.63) is 52.6 Å². The molecule has 11 nitrogen and oxygen atoms in total. The Labute approximate surface area is 195 Å². The van der Waals surface area contributed by atoms with Gasteiger partial charge >= 0.3 is 10.2 Å². The van der Waals surface area contributed by atoms with Gasteiger partial charge in [0.25, 0.3) is 5.88 Å². The normalized spacial score (nSPS) is 21.9. The minimum absolute atomic E-state index is 0.0294. The third kappa shape index (κ3) is 3.22. The van der Waals surface area contributed by atoms with Crippen LogP contribution >= 0.6 is 0 Å². The number of ether oxygens (including phenoxy) is 1. The Hall–Kier alpha value is -3.60. The molecule has 2 bridgehead atoms. The first-order valence-corrected chi connectivity index (χ1v) is 11.8. The summed E-state index contributed by atoms with van der Waals surface area (Å²) in [6.07, 6.45) is -0.225. The van der Waals surface area contributed by atoms with Crippen molar-refractivity contribution in [2.24, 2.45) is 0 Å². The number of rotatable bonds is 0. The van der Waals surface area contributed by atoms with Crippen LogP contribution in [0.3, 0.4) is 0 Å². The van der Waals surface area contributed by atoms with E-state index in [-0.39, 0.29) is 40.9 Å². The molecule has 4 heterocycles. The molecule has 2 N–H and O–H groups in total. The third-order valence-corrected chi connectivity index (χ3v) is 7.76. The van der Waals surface area contributed by atoms with Crippen LogP contribution in [0.1, 0.15) is 41.6 Å². The Bertz CT molecular complexity index is 1470. The highest BCUT2D eigenvalue weighted by atomic mass is 32.2. The minimum Gasteiger partial charge on any atom is -0.467 e. The van der Waals surface area contributed by atoms with Crippen molar-refractivity contribution >= 4 is 16.0 Å². The smallest absolute Gasteiger partial charge is 0.325 e. The molecule has 1 aromatic carbocycles. The third-order valence-electron chi connectivity index (χ3n) is 6.08. The molecule has 2 atom stereocenters. The zero-order chi connectivity index (χ0) is 24.4. The molecule has 0 saturated carbocycles. The molecule has 2 aliphatic rings. The second kappa shape index (κ2) is 7.73. The van der Waals surface area contributed by atoms with E-state index in [4.69, 9.17) is 10.5 Å². The second-order valence-corrected chi connectivity index (χ2v) is 9.93. The van der Waals surface area contributed by atoms with Gasteiger partial charge in [0.2, 0.25) is 0 Å². The van der Waals surface area contributed by atoms with Crippen LogP contribution in [0.4, 0.5) is 10.2 Å². The Kier molecular flexibility index (Phi) is 5.05. The van der Waals surface area contributed by atoms with Crippen LogP contribution in [0.5, 0.6) is 5.88 Å². The van der Waals surface area contributed by atoms with Gasteiger partial charge in [-0.3, -0.25) is 4.90 Å². The standard InChI is InChI=1S/C21H21FN8O3S/c1-11-16(9-23)18-17-10-25-19(24)20(26-17)33-12(2)15-8-13(22)4-5-14(15)21-28(3)6-7-29(21)34(31,32)30(18)27-11/h4-5,8,10,12,21H,6-7H2,1-3H3,(H2,24,25). The Morgan fingerprint density at radius 1 is 1.29 bits per heavy atom. The molecule has 2 aliphatic heterocycles. The van der Waals surface area contributed by atoms with Crippen molar-refractivity contribution < 1.29 is 17.5 Å². The lowest BCUT2D eigenvalue weighted by molar-refractivity contribution is 0.200. The summed E-state index contributed by atoms with van der Waals surface area (Å²) in [5, 5.41) is 14.0. The largest absolute Gasteiger partial charge is 0.467 e. The first kappa shape index (κ1) is 22.2. The van der Waals surface area contributed by atoms with E-state index in [0.717, 1.165) is 4.09 Å². The monoisotopic (exact) mass is 484 g/mol. The van der Waals surface area contributed by atoms with Crippen molar-refractivity contribution in [2.45, 2.75) is 26.1 Å². The van der Waals surface area contributed by atoms with Gasteiger partial charge in [0.1, 0.15) is 41.1 Å². The molecule has 34 heavy (non-hydrogen) atoms. The number of aromatic nitrogens is 4. The molecule has 1 fully saturated rings. The molecule has 5 rings (SSSR count). The fourth-order valence-electron chi connectivity index (χ4n) is 4.43. The summed E-state index contributed by atoms with van der Waals surface area (Å²) in [4.78, 5) is 10.3. The number of anilines is 1. The van der Waals surface area contributed by atoms with Crippen molar-refractivity contribution in [3.63, 3.8) is 0 Å². The number of halogens is 1. The molecular weight excluding hydrogens is 463 g/mol. The number of fused-ring (bicyclic) bond motifs is 7. The summed E-state index contributed by atoms with van der Waals surface area (Å²) in [6.45, 7) is 3.83. The minimum atomic E-state index is -4.29. The van der Waals surface area contributed by atoms with E-state index in [1.165, 1.54) is 22.6 Å². The summed E-state index contributed by atoms with van der Waals surface area (Å²) >= 11 is 0. The summed E-state index contributed by atoms with van der Waals surface area (Å²) in [5.74, 6) is -0.591. The topological polar surface area (TPSA) is 143 Å². The van der Waals surface area contributed by atoms with Gasteiger partial charge in [-0.25, -0.2) is 14.4 Å². The van der Waals surface area contributed by atoms with Gasteiger partial charge in [-0.15, -0.1) is 4.09 Å². The van der Waals surface area contributed by atoms with Gasteiger partial charge in [0, 0.05) is 18.7 Å². The van der Waals surface area contributed by atoms with Crippen LogP contribution in [-0.4, -0.2) is 56.9 Å². The maximum atomic E-state index is 14.3. The number of likely N-dealkylation sites (N-methyl/N-ethyl adjacent to an activating group) is 1. The Balaban J connectivity index is 1.87. The first-order valence-electron chi connectivity index (χ1n) is 10.4. The number of hydrogen-bond acceptors (Lipinski definition) is 9. The summed E-state index contributed by atoms with van der Waals surface area (Å²) in [7, 11) is -2.51. The van der Waals surface area contributed by atoms with Gasteiger partial charge in [-0.05, 0) is 38.6 Å². The van der Waals surface area contributed by atoms with E-state index in [1.807, 2.05) is 11.0 Å². The van der Waals surface area contributed by atoms with E-state index in [2.05, 4.69) is 15.1 Å². The Morgan fingerprint density at radius 2 is 2.06 bits per heavy atom. The van der Waals surface area contributed by atoms with Crippen LogP contribution in [0.15, 0.2) is 24.4 Å². The van der Waals surface area contributed by atoms with Gasteiger partial charge in [-0.1, -0.05) is 6.07 Å². The number of nitrogens with two attached hydrogens (primary N) is 1. The van der Waals surface area contributed by atoms with E-state index in [0.29, 0.717) is 17.7 Å². The van der Waals surface area contributed by atoms with E-state index in [1.54, 1.807) is 27.0 Å². The van der Waals surface area contributed by atoms with Crippen LogP contribution in [0.25, 0.3) is 11.4 Å². The molecule has 0 aliphatic carbocycles. The zero-order valence-corrected chi connectivity index (χ0v) is 19.4. The van der Waals surface area contributed by atoms with Crippen LogP contribution in [0.2, 0.25) is 0 Å². The highest BCUT2D eigenvalue weighted by Crippen LogP contribution is 2.39. The van der Waals surface area contributed by atoms with Crippen molar-refractivity contribution in [3.8, 4) is 23.3 Å². The van der Waals surface area contributed by atoms with Crippen LogP contribution in [-0.2, 0) is 10.2 Å². The van der Waals surface area contributed by atoms with E-state index in [9.17, 15) is 18.1 Å². The average molecular weight is 485 g/mol. The number of benzene rings is 1. The molecule has 0 amide bonds. The van der Waals surface area contributed by atoms with Crippen LogP contribution in [0, 0.1) is 24.1 Å². The maximum absolute atomic E-state index is 14.3. The summed E-state index contributed by atoms with van der Waals surface area (Å²) < 4.78 is 50.4. The van der Waals surface area contributed by atoms with Crippen molar-refractivity contribution in [1.29, 1.82) is 5.26 Å². The summed E-state index contributed by atoms with van der Waals surface area (Å²) in [6, 6.07) is 6.16. The van der Waals surface area contributed by atoms with Crippen molar-refractivity contribution in [1.82, 2.24) is 28.4 Å². The fraction of sp³-hybridized carbons (Fsp3) is 0.333. The molecule has 3 aromatic rings. The molecular formula is C21H21FN8O3S. The van der Waals surface area contributed by atoms with Gasteiger partial charge in [0.15, 0.2) is 5.82 Å². The second-order valence-electron chi connectivity index (χ2n) is 8.22. The molecule has 2 unspecified atom stereocenters. The predicted molar refractivity (Wildman–Crippen MR) is 119 cm³/mol. The van der Waals surface area contributed by atoms with Crippen molar-refractivity contribution in [2.75, 3.05) is 25.9 Å². The molecule has 1 saturated heterocycles. The lowest BCUT2D eigenvalue weighted by atomic mass is 10.00. The number of nitriles is 1. The number of nitrogens with zero attached hydrogens (tertiary/aromatic N) is 7. The number of nitrogen functional groups attached to an aromatic ring is 1. The quantitative estimate of drug-likeness (QED) is 0.504. The lowest BCUT2D eigenvalue weighted by Gasteiger charge is -2.31. The number of aryl methyl sites for hydroxylation is 1. The van der Waals surface area contributed by atoms with Gasteiger partial charge in [-0.2, -0.15) is 23.1 Å². The number of hydrogen-bond donors (Lipinski definition) is 1. The Morgan fingerprint density at radius 3 is 2.79 bits per heavy atom. The summed E-state index contributed by atoms with van der Waals surface area (Å²) in [5.41, 5.74) is 7.27. The average Bonchev–Trinajstić information content (AvgIpc) is 3.35. The molecule has 176 valence electrons. The van der Waals surface area contributed by atoms with Gasteiger partial charge in [0.05, 0.1) is 11.9 Å². The molecule has 0 radical (unpaired) electrons. The van der Waals surface area contributed by atoms with E-state index >= 15 is 0 Å². The molecule has 0 spiro atoms. The lowest BCUT2D eigenvalue weighted by Crippen LogP contribution is -2.39.